The van der Waals surface area contributed by atoms with Crippen LogP contribution in [0.3, 0.4) is 0 Å². The Balaban J connectivity index is 1.81. The monoisotopic (exact) mass is 386 g/mol. The van der Waals surface area contributed by atoms with Crippen molar-refractivity contribution in [3.63, 3.8) is 0 Å². The summed E-state index contributed by atoms with van der Waals surface area (Å²) >= 11 is 5.95. The van der Waals surface area contributed by atoms with E-state index in [2.05, 4.69) is 24.0 Å². The second-order valence-corrected chi connectivity index (χ2v) is 7.86. The normalized spacial score (nSPS) is 21.5. The fourth-order valence-electron chi connectivity index (χ4n) is 3.25. The average Bonchev–Trinajstić information content (AvgIpc) is 2.98. The quantitative estimate of drug-likeness (QED) is 0.635. The molecular formula is C19H21ClN5O2+. The molecule has 1 saturated heterocycles. The van der Waals surface area contributed by atoms with Crippen molar-refractivity contribution < 1.29 is 14.4 Å². The first-order chi connectivity index (χ1) is 12.8. The van der Waals surface area contributed by atoms with E-state index in [0.717, 1.165) is 48.1 Å². The number of aromatic nitrogens is 2. The van der Waals surface area contributed by atoms with Gasteiger partial charge in [-0.1, -0.05) is 17.7 Å². The molecule has 7 nitrogen and oxygen atoms in total. The maximum atomic E-state index is 11.6. The zero-order valence-electron chi connectivity index (χ0n) is 15.3. The van der Waals surface area contributed by atoms with Crippen LogP contribution in [0, 0.1) is 0 Å². The Morgan fingerprint density at radius 1 is 1.22 bits per heavy atom. The van der Waals surface area contributed by atoms with Gasteiger partial charge in [0.2, 0.25) is 5.78 Å². The van der Waals surface area contributed by atoms with Crippen molar-refractivity contribution in [1.82, 2.24) is 9.61 Å². The molecule has 0 bridgehead atoms. The number of nitrogens with zero attached hydrogens (tertiary/aromatic N) is 5. The summed E-state index contributed by atoms with van der Waals surface area (Å²) in [4.78, 5) is 18.5. The van der Waals surface area contributed by atoms with Crippen molar-refractivity contribution in [3.05, 3.63) is 47.3 Å². The highest BCUT2D eigenvalue weighted by Crippen LogP contribution is 2.34. The third kappa shape index (κ3) is 3.36. The molecule has 140 valence electrons. The van der Waals surface area contributed by atoms with Gasteiger partial charge in [0.1, 0.15) is 17.2 Å². The number of hydrogen-bond acceptors (Lipinski definition) is 5. The largest absolute Gasteiger partial charge is 0.506 e. The SMILES string of the molecule is C[N+]1(C)CCN(c2nn3ccccc3c2/N=C2\C=C(Cl)C(=O)C=C2O)CC1. The fourth-order valence-corrected chi connectivity index (χ4v) is 3.41. The van der Waals surface area contributed by atoms with Gasteiger partial charge in [-0.05, 0) is 18.2 Å². The van der Waals surface area contributed by atoms with Crippen molar-refractivity contribution in [2.45, 2.75) is 0 Å². The summed E-state index contributed by atoms with van der Waals surface area (Å²) in [7, 11) is 4.44. The number of allylic oxidation sites excluding steroid dienone is 3. The first kappa shape index (κ1) is 17.8. The molecule has 2 aromatic heterocycles. The van der Waals surface area contributed by atoms with Gasteiger partial charge in [-0.3, -0.25) is 4.79 Å². The molecule has 0 atom stereocenters. The predicted octanol–water partition coefficient (Wildman–Crippen LogP) is 2.45. The molecule has 0 radical (unpaired) electrons. The molecule has 0 unspecified atom stereocenters. The van der Waals surface area contributed by atoms with Gasteiger partial charge in [0, 0.05) is 12.3 Å². The molecule has 1 aliphatic carbocycles. The molecule has 2 aromatic rings. The predicted molar refractivity (Wildman–Crippen MR) is 106 cm³/mol. The lowest BCUT2D eigenvalue weighted by Crippen LogP contribution is -2.55. The topological polar surface area (TPSA) is 70.2 Å². The second-order valence-electron chi connectivity index (χ2n) is 7.46. The summed E-state index contributed by atoms with van der Waals surface area (Å²) in [6, 6.07) is 5.76. The van der Waals surface area contributed by atoms with Crippen molar-refractivity contribution in [3.8, 4) is 0 Å². The van der Waals surface area contributed by atoms with Crippen LogP contribution in [0.4, 0.5) is 11.5 Å². The van der Waals surface area contributed by atoms with Gasteiger partial charge >= 0.3 is 0 Å². The third-order valence-electron chi connectivity index (χ3n) is 5.01. The molecule has 0 spiro atoms. The number of aliphatic hydroxyl groups excluding tert-OH is 1. The number of fused-ring (bicyclic) bond motifs is 1. The van der Waals surface area contributed by atoms with Gasteiger partial charge in [0.05, 0.1) is 50.8 Å². The number of carbonyl (C=O) groups is 1. The number of halogens is 1. The van der Waals surface area contributed by atoms with E-state index < -0.39 is 5.78 Å². The van der Waals surface area contributed by atoms with Crippen LogP contribution in [-0.4, -0.2) is 71.0 Å². The van der Waals surface area contributed by atoms with Gasteiger partial charge in [-0.25, -0.2) is 9.51 Å². The average molecular weight is 387 g/mol. The van der Waals surface area contributed by atoms with E-state index in [4.69, 9.17) is 16.7 Å². The first-order valence-corrected chi connectivity index (χ1v) is 9.17. The summed E-state index contributed by atoms with van der Waals surface area (Å²) < 4.78 is 2.75. The number of aliphatic hydroxyl groups is 1. The number of carbonyl (C=O) groups excluding carboxylic acids is 1. The Morgan fingerprint density at radius 2 is 1.96 bits per heavy atom. The molecule has 0 aromatic carbocycles. The van der Waals surface area contributed by atoms with Crippen molar-refractivity contribution in [2.75, 3.05) is 45.2 Å². The Hall–Kier alpha value is -2.64. The van der Waals surface area contributed by atoms with Gasteiger partial charge in [-0.15, -0.1) is 5.10 Å². The molecule has 2 aliphatic rings. The lowest BCUT2D eigenvalue weighted by atomic mass is 10.1. The number of likely N-dealkylation sites (N-methyl/N-ethyl adjacent to an activating group) is 1. The number of piperazine rings is 1. The van der Waals surface area contributed by atoms with E-state index >= 15 is 0 Å². The molecule has 0 amide bonds. The van der Waals surface area contributed by atoms with Crippen LogP contribution in [0.2, 0.25) is 0 Å². The number of quaternary nitrogens is 1. The van der Waals surface area contributed by atoms with Crippen LogP contribution < -0.4 is 4.90 Å². The van der Waals surface area contributed by atoms with Crippen LogP contribution >= 0.6 is 11.6 Å². The second kappa shape index (κ2) is 6.51. The minimum absolute atomic E-state index is 0.0293. The molecular weight excluding hydrogens is 366 g/mol. The molecule has 1 fully saturated rings. The fraction of sp³-hybridized carbons (Fsp3) is 0.316. The minimum Gasteiger partial charge on any atom is -0.506 e. The summed E-state index contributed by atoms with van der Waals surface area (Å²) in [5, 5.41) is 14.9. The first-order valence-electron chi connectivity index (χ1n) is 8.80. The number of anilines is 1. The molecule has 1 N–H and O–H groups in total. The third-order valence-corrected chi connectivity index (χ3v) is 5.30. The van der Waals surface area contributed by atoms with Gasteiger partial charge < -0.3 is 14.5 Å². The molecule has 0 saturated carbocycles. The number of rotatable bonds is 2. The molecule has 27 heavy (non-hydrogen) atoms. The standard InChI is InChI=1S/C19H20ClN5O2/c1-25(2)9-7-23(8-10-25)19-18(15-5-3-4-6-24(15)22-19)21-14-11-13(20)16(26)12-17(14)27/h3-6,11-12H,7-10H2,1-2H3/p+1/b21-14+. The van der Waals surface area contributed by atoms with Crippen LogP contribution in [0.15, 0.2) is 52.3 Å². The van der Waals surface area contributed by atoms with Crippen molar-refractivity contribution in [2.24, 2.45) is 4.99 Å². The number of hydrogen-bond donors (Lipinski definition) is 1. The lowest BCUT2D eigenvalue weighted by Gasteiger charge is -2.39. The van der Waals surface area contributed by atoms with E-state index in [1.165, 1.54) is 6.08 Å². The Morgan fingerprint density at radius 3 is 2.70 bits per heavy atom. The number of aliphatic imine (C=N–C) groups is 1. The Labute approximate surface area is 162 Å². The summed E-state index contributed by atoms with van der Waals surface area (Å²) in [5.74, 6) is 0.147. The molecule has 4 rings (SSSR count). The van der Waals surface area contributed by atoms with Crippen LogP contribution in [0.1, 0.15) is 0 Å². The maximum absolute atomic E-state index is 11.6. The molecule has 3 heterocycles. The number of ketones is 1. The number of pyridine rings is 1. The van der Waals surface area contributed by atoms with Crippen LogP contribution in [0.5, 0.6) is 0 Å². The van der Waals surface area contributed by atoms with Crippen LogP contribution in [0.25, 0.3) is 5.52 Å². The molecule has 8 heteroatoms. The zero-order valence-corrected chi connectivity index (χ0v) is 16.0. The minimum atomic E-state index is -0.427. The smallest absolute Gasteiger partial charge is 0.201 e. The van der Waals surface area contributed by atoms with Gasteiger partial charge in [0.25, 0.3) is 0 Å². The maximum Gasteiger partial charge on any atom is 0.201 e. The summed E-state index contributed by atoms with van der Waals surface area (Å²) in [6.45, 7) is 3.75. The van der Waals surface area contributed by atoms with E-state index in [1.54, 1.807) is 4.52 Å². The highest BCUT2D eigenvalue weighted by molar-refractivity contribution is 6.47. The van der Waals surface area contributed by atoms with E-state index in [0.29, 0.717) is 5.69 Å². The van der Waals surface area contributed by atoms with E-state index in [-0.39, 0.29) is 16.5 Å². The Bertz CT molecular complexity index is 1010. The van der Waals surface area contributed by atoms with Crippen molar-refractivity contribution >= 4 is 40.1 Å². The zero-order chi connectivity index (χ0) is 19.2. The van der Waals surface area contributed by atoms with E-state index in [1.807, 2.05) is 24.4 Å². The van der Waals surface area contributed by atoms with Gasteiger partial charge in [-0.2, -0.15) is 0 Å². The van der Waals surface area contributed by atoms with E-state index in [9.17, 15) is 9.90 Å². The highest BCUT2D eigenvalue weighted by atomic mass is 35.5. The molecule has 1 aliphatic heterocycles. The summed E-state index contributed by atoms with van der Waals surface area (Å²) in [5.41, 5.74) is 1.74. The van der Waals surface area contributed by atoms with Crippen LogP contribution in [-0.2, 0) is 4.79 Å². The Kier molecular flexibility index (Phi) is 4.28. The van der Waals surface area contributed by atoms with Crippen molar-refractivity contribution in [1.29, 1.82) is 0 Å². The summed E-state index contributed by atoms with van der Waals surface area (Å²) in [6.07, 6.45) is 4.36. The van der Waals surface area contributed by atoms with Gasteiger partial charge in [0.15, 0.2) is 5.82 Å². The lowest BCUT2D eigenvalue weighted by molar-refractivity contribution is -0.890. The highest BCUT2D eigenvalue weighted by Gasteiger charge is 2.28.